The van der Waals surface area contributed by atoms with E-state index in [1.165, 1.54) is 12.1 Å². The molecule has 0 aromatic heterocycles. The first-order valence-corrected chi connectivity index (χ1v) is 11.7. The second-order valence-electron chi connectivity index (χ2n) is 8.26. The van der Waals surface area contributed by atoms with Gasteiger partial charge in [-0.1, -0.05) is 72.8 Å². The molecular formula is C31H24O7. The van der Waals surface area contributed by atoms with Crippen LogP contribution in [-0.2, 0) is 0 Å². The third kappa shape index (κ3) is 6.95. The van der Waals surface area contributed by atoms with Gasteiger partial charge in [0.15, 0.2) is 5.78 Å². The van der Waals surface area contributed by atoms with Crippen molar-refractivity contribution in [2.45, 2.75) is 0 Å². The van der Waals surface area contributed by atoms with Gasteiger partial charge in [0, 0.05) is 5.56 Å². The lowest BCUT2D eigenvalue weighted by Crippen LogP contribution is -2.10. The zero-order chi connectivity index (χ0) is 26.9. The molecule has 4 rings (SSSR count). The lowest BCUT2D eigenvalue weighted by Gasteiger charge is -2.10. The lowest BCUT2D eigenvalue weighted by molar-refractivity contribution is 0.0696. The first-order chi connectivity index (χ1) is 18.4. The summed E-state index contributed by atoms with van der Waals surface area (Å²) in [6, 6.07) is 28.1. The van der Waals surface area contributed by atoms with E-state index in [4.69, 9.17) is 19.7 Å². The minimum absolute atomic E-state index is 0.0468. The van der Waals surface area contributed by atoms with Crippen molar-refractivity contribution in [1.29, 1.82) is 0 Å². The second-order valence-corrected chi connectivity index (χ2v) is 8.26. The maximum absolute atomic E-state index is 12.2. The summed E-state index contributed by atoms with van der Waals surface area (Å²) in [5.41, 5.74) is 3.24. The van der Waals surface area contributed by atoms with E-state index in [1.807, 2.05) is 66.7 Å². The number of aromatic carboxylic acids is 2. The Balaban J connectivity index is 1.29. The van der Waals surface area contributed by atoms with Gasteiger partial charge < -0.3 is 19.7 Å². The van der Waals surface area contributed by atoms with Gasteiger partial charge in [0.2, 0.25) is 0 Å². The summed E-state index contributed by atoms with van der Waals surface area (Å²) in [5, 5.41) is 18.3. The summed E-state index contributed by atoms with van der Waals surface area (Å²) in [4.78, 5) is 34.6. The Kier molecular flexibility index (Phi) is 8.31. The molecule has 0 fully saturated rings. The molecule has 2 N–H and O–H groups in total. The molecule has 4 aromatic carbocycles. The Morgan fingerprint density at radius 1 is 0.605 bits per heavy atom. The molecule has 4 aromatic rings. The monoisotopic (exact) mass is 508 g/mol. The summed E-state index contributed by atoms with van der Waals surface area (Å²) >= 11 is 0. The first-order valence-electron chi connectivity index (χ1n) is 11.7. The highest BCUT2D eigenvalue weighted by Gasteiger charge is 2.12. The molecule has 7 nitrogen and oxygen atoms in total. The van der Waals surface area contributed by atoms with Crippen LogP contribution in [0.15, 0.2) is 103 Å². The van der Waals surface area contributed by atoms with Gasteiger partial charge in [-0.25, -0.2) is 9.59 Å². The fourth-order valence-corrected chi connectivity index (χ4v) is 3.65. The van der Waals surface area contributed by atoms with Gasteiger partial charge in [-0.15, -0.1) is 0 Å². The number of hydrogen-bond acceptors (Lipinski definition) is 5. The van der Waals surface area contributed by atoms with Crippen molar-refractivity contribution in [3.63, 3.8) is 0 Å². The van der Waals surface area contributed by atoms with E-state index in [9.17, 15) is 14.4 Å². The van der Waals surface area contributed by atoms with Crippen LogP contribution in [0.3, 0.4) is 0 Å². The summed E-state index contributed by atoms with van der Waals surface area (Å²) in [5.74, 6) is -1.75. The number of ketones is 1. The zero-order valence-electron chi connectivity index (χ0n) is 20.2. The smallest absolute Gasteiger partial charge is 0.335 e. The summed E-state index contributed by atoms with van der Waals surface area (Å²) in [7, 11) is 0. The predicted octanol–water partition coefficient (Wildman–Crippen LogP) is 6.10. The number of carbonyl (C=O) groups excluding carboxylic acids is 1. The topological polar surface area (TPSA) is 110 Å². The molecule has 0 bridgehead atoms. The Labute approximate surface area is 219 Å². The first kappa shape index (κ1) is 25.9. The van der Waals surface area contributed by atoms with Crippen molar-refractivity contribution in [3.8, 4) is 22.6 Å². The molecular weight excluding hydrogens is 484 g/mol. The molecule has 0 unspecified atom stereocenters. The number of ether oxygens (including phenoxy) is 2. The summed E-state index contributed by atoms with van der Waals surface area (Å²) < 4.78 is 11.2. The van der Waals surface area contributed by atoms with Crippen LogP contribution < -0.4 is 9.47 Å². The maximum atomic E-state index is 12.2. The van der Waals surface area contributed by atoms with Crippen LogP contribution in [-0.4, -0.2) is 41.1 Å². The van der Waals surface area contributed by atoms with Crippen LogP contribution in [0.25, 0.3) is 17.2 Å². The molecule has 0 saturated heterocycles. The van der Waals surface area contributed by atoms with Gasteiger partial charge >= 0.3 is 11.9 Å². The van der Waals surface area contributed by atoms with Crippen molar-refractivity contribution in [3.05, 3.63) is 125 Å². The molecule has 0 aliphatic rings. The molecule has 7 heteroatoms. The number of benzene rings is 4. The number of carboxylic acid groups (broad SMARTS) is 2. The van der Waals surface area contributed by atoms with Crippen molar-refractivity contribution in [2.75, 3.05) is 13.2 Å². The van der Waals surface area contributed by atoms with Gasteiger partial charge in [-0.05, 0) is 53.1 Å². The molecule has 0 radical (unpaired) electrons. The Hall–Kier alpha value is -5.17. The minimum atomic E-state index is -1.24. The molecule has 0 spiro atoms. The number of carboxylic acids is 2. The normalized spacial score (nSPS) is 10.7. The second kappa shape index (κ2) is 12.2. The maximum Gasteiger partial charge on any atom is 0.335 e. The van der Waals surface area contributed by atoms with Gasteiger partial charge in [0.05, 0.1) is 11.1 Å². The van der Waals surface area contributed by atoms with Gasteiger partial charge in [0.25, 0.3) is 0 Å². The zero-order valence-corrected chi connectivity index (χ0v) is 20.2. The Bertz CT molecular complexity index is 1420. The van der Waals surface area contributed by atoms with Crippen LogP contribution in [0, 0.1) is 0 Å². The molecule has 190 valence electrons. The minimum Gasteiger partial charge on any atom is -0.490 e. The highest BCUT2D eigenvalue weighted by atomic mass is 16.5. The third-order valence-corrected chi connectivity index (χ3v) is 5.61. The molecule has 0 atom stereocenters. The van der Waals surface area contributed by atoms with E-state index in [0.29, 0.717) is 11.3 Å². The molecule has 0 amide bonds. The van der Waals surface area contributed by atoms with Crippen molar-refractivity contribution in [2.24, 2.45) is 0 Å². The number of hydrogen-bond donors (Lipinski definition) is 2. The average Bonchev–Trinajstić information content (AvgIpc) is 2.95. The van der Waals surface area contributed by atoms with E-state index in [2.05, 4.69) is 0 Å². The van der Waals surface area contributed by atoms with Crippen molar-refractivity contribution >= 4 is 23.8 Å². The lowest BCUT2D eigenvalue weighted by atomic mass is 10.0. The fourth-order valence-electron chi connectivity index (χ4n) is 3.65. The van der Waals surface area contributed by atoms with Crippen LogP contribution in [0.2, 0.25) is 0 Å². The van der Waals surface area contributed by atoms with E-state index >= 15 is 0 Å². The largest absolute Gasteiger partial charge is 0.490 e. The van der Waals surface area contributed by atoms with Crippen LogP contribution in [0.5, 0.6) is 11.5 Å². The van der Waals surface area contributed by atoms with Gasteiger partial charge in [0.1, 0.15) is 24.7 Å². The van der Waals surface area contributed by atoms with E-state index in [0.717, 1.165) is 22.8 Å². The van der Waals surface area contributed by atoms with E-state index in [-0.39, 0.29) is 35.9 Å². The quantitative estimate of drug-likeness (QED) is 0.143. The van der Waals surface area contributed by atoms with Crippen molar-refractivity contribution in [1.82, 2.24) is 0 Å². The highest BCUT2D eigenvalue weighted by Crippen LogP contribution is 2.23. The summed E-state index contributed by atoms with van der Waals surface area (Å²) in [6.07, 6.45) is 3.35. The fraction of sp³-hybridized carbons (Fsp3) is 0.0645. The predicted molar refractivity (Wildman–Crippen MR) is 143 cm³/mol. The standard InChI is InChI=1S/C31H24O7/c32-29(24-4-2-1-3-5-24)15-8-21-6-9-22(10-7-21)23-11-13-27(14-12-23)37-16-17-38-28-19-25(30(33)34)18-26(20-28)31(35)36/h1-15,18-20H,16-17H2,(H,33,34)(H,35,36). The Morgan fingerprint density at radius 2 is 1.13 bits per heavy atom. The van der Waals surface area contributed by atoms with Crippen LogP contribution >= 0.6 is 0 Å². The van der Waals surface area contributed by atoms with E-state index < -0.39 is 11.9 Å². The third-order valence-electron chi connectivity index (χ3n) is 5.61. The average molecular weight is 509 g/mol. The molecule has 0 saturated carbocycles. The SMILES string of the molecule is O=C(O)c1cc(OCCOc2ccc(-c3ccc(C=CC(=O)c4ccccc4)cc3)cc2)cc(C(=O)O)c1. The number of carbonyl (C=O) groups is 3. The molecule has 38 heavy (non-hydrogen) atoms. The van der Waals surface area contributed by atoms with Crippen LogP contribution in [0.4, 0.5) is 0 Å². The molecule has 0 aliphatic heterocycles. The van der Waals surface area contributed by atoms with Crippen molar-refractivity contribution < 1.29 is 34.1 Å². The number of allylic oxidation sites excluding steroid dienone is 1. The van der Waals surface area contributed by atoms with Gasteiger partial charge in [-0.2, -0.15) is 0 Å². The molecule has 0 aliphatic carbocycles. The Morgan fingerprint density at radius 3 is 1.68 bits per heavy atom. The highest BCUT2D eigenvalue weighted by molar-refractivity contribution is 6.06. The number of rotatable bonds is 11. The molecule has 0 heterocycles. The van der Waals surface area contributed by atoms with Gasteiger partial charge in [-0.3, -0.25) is 4.79 Å². The van der Waals surface area contributed by atoms with E-state index in [1.54, 1.807) is 24.3 Å². The summed E-state index contributed by atoms with van der Waals surface area (Å²) in [6.45, 7) is 0.285. The van der Waals surface area contributed by atoms with Crippen LogP contribution in [0.1, 0.15) is 36.6 Å².